The summed E-state index contributed by atoms with van der Waals surface area (Å²) in [5.41, 5.74) is 2.19. The minimum atomic E-state index is -4.41. The molecule has 2 aromatic heterocycles. The standard InChI is InChI=1S/C16H15F3N4/c1-12-8-20-23(9-12)11-14-4-2-13(3-5-14)10-22-7-6-15(21-22)16(17,18)19/h2-9H,10-11H2,1H3. The van der Waals surface area contributed by atoms with Crippen LogP contribution in [0.5, 0.6) is 0 Å². The van der Waals surface area contributed by atoms with Gasteiger partial charge < -0.3 is 0 Å². The summed E-state index contributed by atoms with van der Waals surface area (Å²) in [6.45, 7) is 2.94. The molecule has 0 atom stereocenters. The van der Waals surface area contributed by atoms with Gasteiger partial charge in [-0.1, -0.05) is 24.3 Å². The molecule has 0 spiro atoms. The van der Waals surface area contributed by atoms with E-state index in [1.807, 2.05) is 42.1 Å². The third-order valence-electron chi connectivity index (χ3n) is 3.41. The van der Waals surface area contributed by atoms with Crippen LogP contribution in [0.4, 0.5) is 13.2 Å². The minimum Gasteiger partial charge on any atom is -0.268 e. The van der Waals surface area contributed by atoms with Crippen LogP contribution in [-0.4, -0.2) is 19.6 Å². The lowest BCUT2D eigenvalue weighted by Crippen LogP contribution is -2.08. The number of aryl methyl sites for hydroxylation is 1. The van der Waals surface area contributed by atoms with E-state index in [-0.39, 0.29) is 0 Å². The van der Waals surface area contributed by atoms with Gasteiger partial charge in [-0.15, -0.1) is 0 Å². The normalized spacial score (nSPS) is 11.8. The molecular formula is C16H15F3N4. The van der Waals surface area contributed by atoms with Gasteiger partial charge in [-0.05, 0) is 29.7 Å². The lowest BCUT2D eigenvalue weighted by atomic mass is 10.1. The van der Waals surface area contributed by atoms with Gasteiger partial charge in [0.05, 0.1) is 19.3 Å². The molecule has 0 fully saturated rings. The minimum absolute atomic E-state index is 0.303. The zero-order valence-electron chi connectivity index (χ0n) is 12.5. The average Bonchev–Trinajstić information content (AvgIpc) is 3.10. The smallest absolute Gasteiger partial charge is 0.268 e. The van der Waals surface area contributed by atoms with Crippen LogP contribution in [0, 0.1) is 6.92 Å². The van der Waals surface area contributed by atoms with Crippen LogP contribution >= 0.6 is 0 Å². The molecule has 2 heterocycles. The molecule has 0 unspecified atom stereocenters. The van der Waals surface area contributed by atoms with Crippen molar-refractivity contribution in [2.24, 2.45) is 0 Å². The predicted octanol–water partition coefficient (Wildman–Crippen LogP) is 3.50. The van der Waals surface area contributed by atoms with Crippen LogP contribution in [0.3, 0.4) is 0 Å². The molecular weight excluding hydrogens is 305 g/mol. The maximum Gasteiger partial charge on any atom is 0.435 e. The third kappa shape index (κ3) is 3.80. The molecule has 0 N–H and O–H groups in total. The predicted molar refractivity (Wildman–Crippen MR) is 78.8 cm³/mol. The van der Waals surface area contributed by atoms with Crippen molar-refractivity contribution in [2.45, 2.75) is 26.2 Å². The Kier molecular flexibility index (Phi) is 3.94. The van der Waals surface area contributed by atoms with Gasteiger partial charge in [0.2, 0.25) is 0 Å². The highest BCUT2D eigenvalue weighted by Crippen LogP contribution is 2.27. The number of rotatable bonds is 4. The maximum atomic E-state index is 12.5. The lowest BCUT2D eigenvalue weighted by Gasteiger charge is -2.06. The molecule has 0 saturated heterocycles. The van der Waals surface area contributed by atoms with Crippen LogP contribution in [0.1, 0.15) is 22.4 Å². The summed E-state index contributed by atoms with van der Waals surface area (Å²) in [4.78, 5) is 0. The Balaban J connectivity index is 1.66. The average molecular weight is 320 g/mol. The summed E-state index contributed by atoms with van der Waals surface area (Å²) in [6.07, 6.45) is 0.681. The van der Waals surface area contributed by atoms with Crippen LogP contribution < -0.4 is 0 Å². The van der Waals surface area contributed by atoms with E-state index in [4.69, 9.17) is 0 Å². The second-order valence-electron chi connectivity index (χ2n) is 5.43. The van der Waals surface area contributed by atoms with Gasteiger partial charge in [0.25, 0.3) is 0 Å². The van der Waals surface area contributed by atoms with Crippen LogP contribution in [0.2, 0.25) is 0 Å². The topological polar surface area (TPSA) is 35.6 Å². The van der Waals surface area contributed by atoms with E-state index in [1.54, 1.807) is 6.20 Å². The van der Waals surface area contributed by atoms with E-state index in [1.165, 1.54) is 10.9 Å². The highest BCUT2D eigenvalue weighted by molar-refractivity contribution is 5.23. The largest absolute Gasteiger partial charge is 0.435 e. The molecule has 1 aromatic carbocycles. The van der Waals surface area contributed by atoms with E-state index in [0.29, 0.717) is 13.1 Å². The Bertz CT molecular complexity index is 784. The van der Waals surface area contributed by atoms with Crippen molar-refractivity contribution in [3.8, 4) is 0 Å². The Morgan fingerprint density at radius 2 is 1.57 bits per heavy atom. The second kappa shape index (κ2) is 5.91. The number of benzene rings is 1. The van der Waals surface area contributed by atoms with E-state index < -0.39 is 11.9 Å². The molecule has 0 radical (unpaired) electrons. The van der Waals surface area contributed by atoms with Gasteiger partial charge in [0, 0.05) is 12.4 Å². The summed E-state index contributed by atoms with van der Waals surface area (Å²) in [5, 5.41) is 7.77. The van der Waals surface area contributed by atoms with E-state index in [2.05, 4.69) is 10.2 Å². The molecule has 120 valence electrons. The molecule has 0 amide bonds. The summed E-state index contributed by atoms with van der Waals surface area (Å²) in [6, 6.07) is 8.65. The van der Waals surface area contributed by atoms with Gasteiger partial charge in [0.1, 0.15) is 0 Å². The van der Waals surface area contributed by atoms with Crippen molar-refractivity contribution >= 4 is 0 Å². The van der Waals surface area contributed by atoms with E-state index in [0.717, 1.165) is 22.8 Å². The zero-order valence-corrected chi connectivity index (χ0v) is 12.5. The number of hydrogen-bond donors (Lipinski definition) is 0. The first kappa shape index (κ1) is 15.3. The first-order valence-corrected chi connectivity index (χ1v) is 7.08. The highest BCUT2D eigenvalue weighted by atomic mass is 19.4. The molecule has 0 aliphatic carbocycles. The monoisotopic (exact) mass is 320 g/mol. The van der Waals surface area contributed by atoms with Gasteiger partial charge in [-0.2, -0.15) is 23.4 Å². The van der Waals surface area contributed by atoms with Gasteiger partial charge >= 0.3 is 6.18 Å². The van der Waals surface area contributed by atoms with Crippen molar-refractivity contribution in [1.82, 2.24) is 19.6 Å². The fraction of sp³-hybridized carbons (Fsp3) is 0.250. The molecule has 0 bridgehead atoms. The fourth-order valence-corrected chi connectivity index (χ4v) is 2.28. The quantitative estimate of drug-likeness (QED) is 0.737. The molecule has 4 nitrogen and oxygen atoms in total. The lowest BCUT2D eigenvalue weighted by molar-refractivity contribution is -0.141. The van der Waals surface area contributed by atoms with Crippen LogP contribution in [0.15, 0.2) is 48.9 Å². The highest BCUT2D eigenvalue weighted by Gasteiger charge is 2.33. The Labute approximate surface area is 131 Å². The van der Waals surface area contributed by atoms with Crippen molar-refractivity contribution < 1.29 is 13.2 Å². The molecule has 23 heavy (non-hydrogen) atoms. The first-order valence-electron chi connectivity index (χ1n) is 7.08. The van der Waals surface area contributed by atoms with Gasteiger partial charge in [0.15, 0.2) is 5.69 Å². The van der Waals surface area contributed by atoms with Gasteiger partial charge in [-0.3, -0.25) is 9.36 Å². The van der Waals surface area contributed by atoms with Gasteiger partial charge in [-0.25, -0.2) is 0 Å². The summed E-state index contributed by atoms with van der Waals surface area (Å²) in [7, 11) is 0. The van der Waals surface area contributed by atoms with Crippen molar-refractivity contribution in [2.75, 3.05) is 0 Å². The van der Waals surface area contributed by atoms with E-state index in [9.17, 15) is 13.2 Å². The molecule has 3 aromatic rings. The Morgan fingerprint density at radius 1 is 0.957 bits per heavy atom. The maximum absolute atomic E-state index is 12.5. The zero-order chi connectivity index (χ0) is 16.4. The van der Waals surface area contributed by atoms with Crippen molar-refractivity contribution in [3.05, 3.63) is 71.3 Å². The SMILES string of the molecule is Cc1cnn(Cc2ccc(Cn3ccc(C(F)(F)F)n3)cc2)c1. The molecule has 7 heteroatoms. The fourth-order valence-electron chi connectivity index (χ4n) is 2.28. The molecule has 0 aliphatic rings. The van der Waals surface area contributed by atoms with Crippen molar-refractivity contribution in [1.29, 1.82) is 0 Å². The van der Waals surface area contributed by atoms with E-state index >= 15 is 0 Å². The first-order chi connectivity index (χ1) is 10.9. The number of aromatic nitrogens is 4. The Hall–Kier alpha value is -2.57. The van der Waals surface area contributed by atoms with Crippen molar-refractivity contribution in [3.63, 3.8) is 0 Å². The molecule has 0 saturated carbocycles. The van der Waals surface area contributed by atoms with Crippen LogP contribution in [-0.2, 0) is 19.3 Å². The molecule has 0 aliphatic heterocycles. The van der Waals surface area contributed by atoms with Crippen LogP contribution in [0.25, 0.3) is 0 Å². The summed E-state index contributed by atoms with van der Waals surface area (Å²) in [5.74, 6) is 0. The number of alkyl halides is 3. The third-order valence-corrected chi connectivity index (χ3v) is 3.41. The Morgan fingerprint density at radius 3 is 2.04 bits per heavy atom. The summed E-state index contributed by atoms with van der Waals surface area (Å²) < 4.78 is 40.7. The second-order valence-corrected chi connectivity index (χ2v) is 5.43. The summed E-state index contributed by atoms with van der Waals surface area (Å²) >= 11 is 0. The molecule has 3 rings (SSSR count). The number of halogens is 3. The number of nitrogens with zero attached hydrogens (tertiary/aromatic N) is 4. The number of hydrogen-bond acceptors (Lipinski definition) is 2.